The lowest BCUT2D eigenvalue weighted by molar-refractivity contribution is -0.131. The predicted molar refractivity (Wildman–Crippen MR) is 93.1 cm³/mol. The molecule has 0 radical (unpaired) electrons. The maximum atomic E-state index is 12.1. The predicted octanol–water partition coefficient (Wildman–Crippen LogP) is 1.89. The number of carbonyl (C=O) groups excluding carboxylic acids is 3. The first-order valence-electron chi connectivity index (χ1n) is 7.90. The van der Waals surface area contributed by atoms with Crippen LogP contribution in [0.3, 0.4) is 0 Å². The van der Waals surface area contributed by atoms with Crippen LogP contribution in [0.1, 0.15) is 12.2 Å². The molecule has 0 aliphatic carbocycles. The molecule has 1 aliphatic rings. The molecule has 0 bridgehead atoms. The standard InChI is InChI=1S/C17H17ClN4O4/c1-21-14(16(24)22(2)17(21)25)8-15(23)19-9-10-7-13(20-26-10)11-5-3-4-6-12(11)18/h3-7,14H,8-9H2,1-2H3,(H,19,23)/t14-/m1/s1. The molecule has 0 spiro atoms. The van der Waals surface area contributed by atoms with Crippen molar-refractivity contribution in [3.8, 4) is 11.3 Å². The molecule has 1 saturated heterocycles. The van der Waals surface area contributed by atoms with E-state index < -0.39 is 18.0 Å². The summed E-state index contributed by atoms with van der Waals surface area (Å²) in [6.07, 6.45) is -0.114. The molecule has 0 unspecified atom stereocenters. The first-order valence-corrected chi connectivity index (χ1v) is 8.28. The fourth-order valence-corrected chi connectivity index (χ4v) is 2.94. The largest absolute Gasteiger partial charge is 0.359 e. The van der Waals surface area contributed by atoms with Crippen LogP contribution in [0.2, 0.25) is 5.02 Å². The highest BCUT2D eigenvalue weighted by Gasteiger charge is 2.41. The van der Waals surface area contributed by atoms with Gasteiger partial charge >= 0.3 is 6.03 Å². The summed E-state index contributed by atoms with van der Waals surface area (Å²) in [5.41, 5.74) is 1.30. The lowest BCUT2D eigenvalue weighted by Gasteiger charge is -2.15. The number of aromatic nitrogens is 1. The van der Waals surface area contributed by atoms with E-state index in [0.29, 0.717) is 16.5 Å². The van der Waals surface area contributed by atoms with E-state index in [1.807, 2.05) is 18.2 Å². The zero-order valence-electron chi connectivity index (χ0n) is 14.2. The van der Waals surface area contributed by atoms with E-state index in [2.05, 4.69) is 10.5 Å². The minimum absolute atomic E-state index is 0.114. The summed E-state index contributed by atoms with van der Waals surface area (Å²) in [4.78, 5) is 38.1. The van der Waals surface area contributed by atoms with Crippen molar-refractivity contribution in [1.29, 1.82) is 0 Å². The van der Waals surface area contributed by atoms with Crippen LogP contribution in [0.4, 0.5) is 4.79 Å². The molecule has 1 aromatic carbocycles. The van der Waals surface area contributed by atoms with Crippen molar-refractivity contribution in [1.82, 2.24) is 20.3 Å². The van der Waals surface area contributed by atoms with Gasteiger partial charge in [0.2, 0.25) is 5.91 Å². The molecule has 2 aromatic rings. The third-order valence-corrected chi connectivity index (χ3v) is 4.55. The second-order valence-corrected chi connectivity index (χ2v) is 6.35. The number of likely N-dealkylation sites (N-methyl/N-ethyl adjacent to an activating group) is 2. The van der Waals surface area contributed by atoms with E-state index in [0.717, 1.165) is 10.5 Å². The Balaban J connectivity index is 1.58. The van der Waals surface area contributed by atoms with Crippen molar-refractivity contribution in [3.05, 3.63) is 41.1 Å². The summed E-state index contributed by atoms with van der Waals surface area (Å²) in [6.45, 7) is 0.116. The van der Waals surface area contributed by atoms with E-state index in [4.69, 9.17) is 16.1 Å². The summed E-state index contributed by atoms with van der Waals surface area (Å²) in [5.74, 6) is -0.310. The molecule has 136 valence electrons. The number of halogens is 1. The van der Waals surface area contributed by atoms with Crippen LogP contribution in [0.25, 0.3) is 11.3 Å². The van der Waals surface area contributed by atoms with Gasteiger partial charge in [-0.2, -0.15) is 0 Å². The number of urea groups is 1. The number of amides is 4. The molecular formula is C17H17ClN4O4. The highest BCUT2D eigenvalue weighted by molar-refractivity contribution is 6.33. The number of hydrogen-bond donors (Lipinski definition) is 1. The molecule has 1 N–H and O–H groups in total. The SMILES string of the molecule is CN1C(=O)[C@@H](CC(=O)NCc2cc(-c3ccccc3Cl)no2)N(C)C1=O. The van der Waals surface area contributed by atoms with Crippen molar-refractivity contribution < 1.29 is 18.9 Å². The van der Waals surface area contributed by atoms with Crippen molar-refractivity contribution in [2.24, 2.45) is 0 Å². The van der Waals surface area contributed by atoms with Gasteiger partial charge in [0.05, 0.1) is 18.0 Å². The molecule has 0 saturated carbocycles. The molecule has 1 atom stereocenters. The Hall–Kier alpha value is -2.87. The zero-order chi connectivity index (χ0) is 18.8. The normalized spacial score (nSPS) is 17.1. The molecule has 8 nitrogen and oxygen atoms in total. The molecule has 1 fully saturated rings. The number of imide groups is 1. The zero-order valence-corrected chi connectivity index (χ0v) is 15.0. The van der Waals surface area contributed by atoms with E-state index >= 15 is 0 Å². The van der Waals surface area contributed by atoms with Gasteiger partial charge in [-0.05, 0) is 6.07 Å². The fourth-order valence-electron chi connectivity index (χ4n) is 2.70. The van der Waals surface area contributed by atoms with Crippen molar-refractivity contribution in [2.45, 2.75) is 19.0 Å². The van der Waals surface area contributed by atoms with Gasteiger partial charge in [0.15, 0.2) is 5.76 Å². The highest BCUT2D eigenvalue weighted by atomic mass is 35.5. The summed E-state index contributed by atoms with van der Waals surface area (Å²) >= 11 is 6.12. The molecule has 3 rings (SSSR count). The number of carbonyl (C=O) groups is 3. The number of hydrogen-bond acceptors (Lipinski definition) is 5. The van der Waals surface area contributed by atoms with E-state index in [1.165, 1.54) is 19.0 Å². The Kier molecular flexibility index (Phi) is 4.94. The van der Waals surface area contributed by atoms with Gasteiger partial charge in [-0.15, -0.1) is 0 Å². The average Bonchev–Trinajstić information content (AvgIpc) is 3.16. The summed E-state index contributed by atoms with van der Waals surface area (Å²) in [7, 11) is 2.89. The summed E-state index contributed by atoms with van der Waals surface area (Å²) in [6, 6.07) is 7.69. The monoisotopic (exact) mass is 376 g/mol. The van der Waals surface area contributed by atoms with Crippen LogP contribution < -0.4 is 5.32 Å². The number of nitrogens with zero attached hydrogens (tertiary/aromatic N) is 3. The maximum Gasteiger partial charge on any atom is 0.326 e. The van der Waals surface area contributed by atoms with Crippen LogP contribution in [0, 0.1) is 0 Å². The minimum Gasteiger partial charge on any atom is -0.359 e. The van der Waals surface area contributed by atoms with E-state index in [1.54, 1.807) is 12.1 Å². The number of nitrogens with one attached hydrogen (secondary N) is 1. The van der Waals surface area contributed by atoms with Gasteiger partial charge < -0.3 is 14.7 Å². The molecule has 9 heteroatoms. The second-order valence-electron chi connectivity index (χ2n) is 5.95. The Morgan fingerprint density at radius 3 is 2.69 bits per heavy atom. The van der Waals surface area contributed by atoms with E-state index in [-0.39, 0.29) is 18.9 Å². The molecule has 26 heavy (non-hydrogen) atoms. The summed E-state index contributed by atoms with van der Waals surface area (Å²) < 4.78 is 5.21. The first kappa shape index (κ1) is 17.9. The third kappa shape index (κ3) is 3.41. The van der Waals surface area contributed by atoms with Gasteiger partial charge in [-0.3, -0.25) is 14.5 Å². The average molecular weight is 377 g/mol. The molecule has 1 aliphatic heterocycles. The van der Waals surface area contributed by atoms with Gasteiger partial charge in [-0.1, -0.05) is 35.0 Å². The maximum absolute atomic E-state index is 12.1. The van der Waals surface area contributed by atoms with Crippen LogP contribution in [-0.2, 0) is 16.1 Å². The van der Waals surface area contributed by atoms with E-state index in [9.17, 15) is 14.4 Å². The minimum atomic E-state index is -0.791. The van der Waals surface area contributed by atoms with Crippen LogP contribution in [0.5, 0.6) is 0 Å². The molecular weight excluding hydrogens is 360 g/mol. The van der Waals surface area contributed by atoms with Gasteiger partial charge in [0, 0.05) is 25.7 Å². The van der Waals surface area contributed by atoms with Gasteiger partial charge in [0.1, 0.15) is 11.7 Å². The third-order valence-electron chi connectivity index (χ3n) is 4.22. The Bertz CT molecular complexity index is 866. The van der Waals surface area contributed by atoms with Crippen LogP contribution in [-0.4, -0.2) is 52.9 Å². The van der Waals surface area contributed by atoms with Crippen molar-refractivity contribution in [2.75, 3.05) is 14.1 Å². The fraction of sp³-hybridized carbons (Fsp3) is 0.294. The molecule has 2 heterocycles. The highest BCUT2D eigenvalue weighted by Crippen LogP contribution is 2.27. The van der Waals surface area contributed by atoms with Crippen LogP contribution >= 0.6 is 11.6 Å². The van der Waals surface area contributed by atoms with Crippen molar-refractivity contribution >= 4 is 29.4 Å². The smallest absolute Gasteiger partial charge is 0.326 e. The van der Waals surface area contributed by atoms with Crippen LogP contribution in [0.15, 0.2) is 34.9 Å². The first-order chi connectivity index (χ1) is 12.4. The quantitative estimate of drug-likeness (QED) is 0.804. The Morgan fingerprint density at radius 2 is 2.04 bits per heavy atom. The lowest BCUT2D eigenvalue weighted by Crippen LogP contribution is -2.37. The molecule has 1 aromatic heterocycles. The topological polar surface area (TPSA) is 95.8 Å². The Morgan fingerprint density at radius 1 is 1.31 bits per heavy atom. The number of rotatable bonds is 5. The number of benzene rings is 1. The second kappa shape index (κ2) is 7.17. The van der Waals surface area contributed by atoms with Gasteiger partial charge in [0.25, 0.3) is 5.91 Å². The van der Waals surface area contributed by atoms with Gasteiger partial charge in [-0.25, -0.2) is 4.79 Å². The van der Waals surface area contributed by atoms with Crippen molar-refractivity contribution in [3.63, 3.8) is 0 Å². The molecule has 4 amide bonds. The summed E-state index contributed by atoms with van der Waals surface area (Å²) in [5, 5.41) is 7.16. The lowest BCUT2D eigenvalue weighted by atomic mass is 10.1. The Labute approximate surface area is 154 Å².